The summed E-state index contributed by atoms with van der Waals surface area (Å²) in [5.41, 5.74) is 5.59. The summed E-state index contributed by atoms with van der Waals surface area (Å²) in [6.07, 6.45) is 8.95. The van der Waals surface area contributed by atoms with Gasteiger partial charge < -0.3 is 14.9 Å². The molecule has 0 radical (unpaired) electrons. The number of methoxy groups -OCH3 is 1. The molecule has 0 unspecified atom stereocenters. The van der Waals surface area contributed by atoms with Crippen LogP contribution >= 0.6 is 0 Å². The Morgan fingerprint density at radius 1 is 0.933 bits per heavy atom. The molecule has 0 atom stereocenters. The van der Waals surface area contributed by atoms with Gasteiger partial charge in [-0.1, -0.05) is 29.4 Å². The molecule has 2 rings (SSSR count). The first-order valence-electron chi connectivity index (χ1n) is 9.92. The topological polar surface area (TPSA) is 66.8 Å². The number of aromatic hydroxyl groups is 2. The molecule has 0 amide bonds. The summed E-state index contributed by atoms with van der Waals surface area (Å²) >= 11 is 0. The monoisotopic (exact) mass is 406 g/mol. The zero-order valence-electron chi connectivity index (χ0n) is 18.3. The number of rotatable bonds is 8. The summed E-state index contributed by atoms with van der Waals surface area (Å²) < 4.78 is 5.71. The van der Waals surface area contributed by atoms with Crippen molar-refractivity contribution in [3.63, 3.8) is 0 Å². The first-order chi connectivity index (χ1) is 14.2. The minimum atomic E-state index is -0.333. The molecule has 0 saturated heterocycles. The van der Waals surface area contributed by atoms with Crippen LogP contribution in [0.25, 0.3) is 6.08 Å². The van der Waals surface area contributed by atoms with Gasteiger partial charge in [0.15, 0.2) is 5.78 Å². The second-order valence-electron chi connectivity index (χ2n) is 7.74. The molecule has 4 heteroatoms. The molecule has 0 spiro atoms. The molecule has 0 fully saturated rings. The van der Waals surface area contributed by atoms with E-state index in [1.165, 1.54) is 29.4 Å². The normalized spacial score (nSPS) is 10.7. The largest absolute Gasteiger partial charge is 0.508 e. The van der Waals surface area contributed by atoms with Gasteiger partial charge in [0, 0.05) is 6.07 Å². The Kier molecular flexibility index (Phi) is 8.05. The Balaban J connectivity index is 2.44. The Bertz CT molecular complexity index is 961. The maximum absolute atomic E-state index is 12.5. The molecular formula is C26H30O4. The van der Waals surface area contributed by atoms with Crippen molar-refractivity contribution in [2.24, 2.45) is 0 Å². The van der Waals surface area contributed by atoms with Crippen molar-refractivity contribution in [1.82, 2.24) is 0 Å². The lowest BCUT2D eigenvalue weighted by Gasteiger charge is -2.14. The Hall–Kier alpha value is -3.27. The van der Waals surface area contributed by atoms with Gasteiger partial charge in [-0.25, -0.2) is 0 Å². The number of hydrogen-bond donors (Lipinski definition) is 2. The van der Waals surface area contributed by atoms with Crippen molar-refractivity contribution >= 4 is 11.9 Å². The highest BCUT2D eigenvalue weighted by Crippen LogP contribution is 2.29. The van der Waals surface area contributed by atoms with Crippen LogP contribution in [0, 0.1) is 0 Å². The molecule has 2 aromatic rings. The van der Waals surface area contributed by atoms with Gasteiger partial charge in [0.1, 0.15) is 17.2 Å². The quantitative estimate of drug-likeness (QED) is 0.320. The number of benzene rings is 2. The SMILES string of the molecule is COc1c(CC=C(C)C)cc(/C=C/C(=O)c2ccc(O)cc2O)cc1CC=C(C)C. The van der Waals surface area contributed by atoms with E-state index in [2.05, 4.69) is 39.8 Å². The molecule has 2 N–H and O–H groups in total. The van der Waals surface area contributed by atoms with Crippen molar-refractivity contribution in [2.45, 2.75) is 40.5 Å². The Labute approximate surface area is 178 Å². The van der Waals surface area contributed by atoms with Gasteiger partial charge in [-0.2, -0.15) is 0 Å². The van der Waals surface area contributed by atoms with Crippen LogP contribution in [-0.2, 0) is 12.8 Å². The maximum atomic E-state index is 12.5. The van der Waals surface area contributed by atoms with Gasteiger partial charge in [0.2, 0.25) is 0 Å². The first kappa shape index (κ1) is 23.0. The van der Waals surface area contributed by atoms with Gasteiger partial charge in [-0.05, 0) is 87.6 Å². The highest BCUT2D eigenvalue weighted by Gasteiger charge is 2.12. The lowest BCUT2D eigenvalue weighted by molar-refractivity contribution is 0.104. The van der Waals surface area contributed by atoms with Crippen LogP contribution in [0.4, 0.5) is 0 Å². The van der Waals surface area contributed by atoms with Gasteiger partial charge in [0.05, 0.1) is 12.7 Å². The third-order valence-electron chi connectivity index (χ3n) is 4.60. The summed E-state index contributed by atoms with van der Waals surface area (Å²) in [4.78, 5) is 12.5. The van der Waals surface area contributed by atoms with Crippen molar-refractivity contribution < 1.29 is 19.7 Å². The predicted molar refractivity (Wildman–Crippen MR) is 122 cm³/mol. The molecule has 0 aliphatic heterocycles. The summed E-state index contributed by atoms with van der Waals surface area (Å²) in [6, 6.07) is 7.98. The number of phenols is 2. The smallest absolute Gasteiger partial charge is 0.189 e. The molecule has 0 aliphatic rings. The summed E-state index contributed by atoms with van der Waals surface area (Å²) in [6.45, 7) is 8.23. The minimum absolute atomic E-state index is 0.0870. The summed E-state index contributed by atoms with van der Waals surface area (Å²) in [5, 5.41) is 19.3. The molecule has 0 saturated carbocycles. The van der Waals surface area contributed by atoms with E-state index in [1.54, 1.807) is 13.2 Å². The summed E-state index contributed by atoms with van der Waals surface area (Å²) in [5.74, 6) is 0.202. The molecule has 4 nitrogen and oxygen atoms in total. The predicted octanol–water partition coefficient (Wildman–Crippen LogP) is 6.02. The maximum Gasteiger partial charge on any atom is 0.189 e. The van der Waals surface area contributed by atoms with Crippen molar-refractivity contribution in [3.05, 3.63) is 82.0 Å². The second kappa shape index (κ2) is 10.5. The highest BCUT2D eigenvalue weighted by molar-refractivity contribution is 6.08. The van der Waals surface area contributed by atoms with Gasteiger partial charge in [-0.15, -0.1) is 0 Å². The molecule has 0 bridgehead atoms. The van der Waals surface area contributed by atoms with E-state index in [0.717, 1.165) is 41.3 Å². The molecule has 30 heavy (non-hydrogen) atoms. The van der Waals surface area contributed by atoms with E-state index < -0.39 is 0 Å². The number of ether oxygens (including phenoxy) is 1. The average Bonchev–Trinajstić information content (AvgIpc) is 2.68. The number of phenolic OH excluding ortho intramolecular Hbond substituents is 2. The average molecular weight is 407 g/mol. The van der Waals surface area contributed by atoms with Crippen LogP contribution in [0.1, 0.15) is 54.7 Å². The van der Waals surface area contributed by atoms with Crippen LogP contribution in [0.15, 0.2) is 59.7 Å². The highest BCUT2D eigenvalue weighted by atomic mass is 16.5. The molecular weight excluding hydrogens is 376 g/mol. The van der Waals surface area contributed by atoms with Crippen molar-refractivity contribution in [3.8, 4) is 17.2 Å². The number of carbonyl (C=O) groups excluding carboxylic acids is 1. The van der Waals surface area contributed by atoms with Crippen molar-refractivity contribution in [1.29, 1.82) is 0 Å². The van der Waals surface area contributed by atoms with Crippen molar-refractivity contribution in [2.75, 3.05) is 7.11 Å². The molecule has 0 aromatic heterocycles. The Morgan fingerprint density at radius 3 is 1.97 bits per heavy atom. The fraction of sp³-hybridized carbons (Fsp3) is 0.269. The van der Waals surface area contributed by atoms with Gasteiger partial charge >= 0.3 is 0 Å². The molecule has 158 valence electrons. The Morgan fingerprint density at radius 2 is 1.50 bits per heavy atom. The van der Waals surface area contributed by atoms with Crippen LogP contribution in [0.2, 0.25) is 0 Å². The van der Waals surface area contributed by atoms with E-state index in [0.29, 0.717) is 0 Å². The molecule has 0 aliphatic carbocycles. The second-order valence-corrected chi connectivity index (χ2v) is 7.74. The van der Waals surface area contributed by atoms with Gasteiger partial charge in [-0.3, -0.25) is 4.79 Å². The van der Waals surface area contributed by atoms with E-state index in [4.69, 9.17) is 4.74 Å². The van der Waals surface area contributed by atoms with Crippen LogP contribution in [0.5, 0.6) is 17.2 Å². The fourth-order valence-electron chi connectivity index (χ4n) is 3.06. The lowest BCUT2D eigenvalue weighted by atomic mass is 9.97. The molecule has 2 aromatic carbocycles. The lowest BCUT2D eigenvalue weighted by Crippen LogP contribution is -1.99. The van der Waals surface area contributed by atoms with Crippen LogP contribution in [-0.4, -0.2) is 23.1 Å². The minimum Gasteiger partial charge on any atom is -0.508 e. The summed E-state index contributed by atoms with van der Waals surface area (Å²) in [7, 11) is 1.68. The van der Waals surface area contributed by atoms with Crippen LogP contribution in [0.3, 0.4) is 0 Å². The first-order valence-corrected chi connectivity index (χ1v) is 9.92. The van der Waals surface area contributed by atoms with E-state index in [9.17, 15) is 15.0 Å². The number of allylic oxidation sites excluding steroid dienone is 5. The third-order valence-corrected chi connectivity index (χ3v) is 4.60. The standard InChI is InChI=1S/C26H30O4/c1-17(2)6-9-20-14-19(15-21(26(20)30-5)10-7-18(3)4)8-13-24(28)23-12-11-22(27)16-25(23)29/h6-8,11-16,27,29H,9-10H2,1-5H3/b13-8+. The third kappa shape index (κ3) is 6.38. The van der Waals surface area contributed by atoms with Gasteiger partial charge in [0.25, 0.3) is 0 Å². The zero-order chi connectivity index (χ0) is 22.3. The van der Waals surface area contributed by atoms with E-state index in [-0.39, 0.29) is 22.8 Å². The number of carbonyl (C=O) groups is 1. The molecule has 0 heterocycles. The van der Waals surface area contributed by atoms with Crippen LogP contribution < -0.4 is 4.74 Å². The number of ketones is 1. The van der Waals surface area contributed by atoms with E-state index >= 15 is 0 Å². The van der Waals surface area contributed by atoms with E-state index in [1.807, 2.05) is 12.1 Å². The fourth-order valence-corrected chi connectivity index (χ4v) is 3.06. The zero-order valence-corrected chi connectivity index (χ0v) is 18.3. The number of hydrogen-bond acceptors (Lipinski definition) is 4.